The lowest BCUT2D eigenvalue weighted by Crippen LogP contribution is -2.53. The summed E-state index contributed by atoms with van der Waals surface area (Å²) in [6.45, 7) is 5.22. The highest BCUT2D eigenvalue weighted by atomic mass is 19.3. The van der Waals surface area contributed by atoms with E-state index in [4.69, 9.17) is 10.5 Å². The standard InChI is InChI=1S/C11H20F2N2O2/c1-10(2,3)17-9(16)15-5-4-11(12,13)6-8(15)7-14/h8H,4-7,14H2,1-3H3. The summed E-state index contributed by atoms with van der Waals surface area (Å²) in [4.78, 5) is 13.1. The van der Waals surface area contributed by atoms with Crippen molar-refractivity contribution < 1.29 is 18.3 Å². The Morgan fingerprint density at radius 2 is 2.12 bits per heavy atom. The summed E-state index contributed by atoms with van der Waals surface area (Å²) in [5.41, 5.74) is 4.80. The number of alkyl halides is 2. The highest BCUT2D eigenvalue weighted by Crippen LogP contribution is 2.32. The van der Waals surface area contributed by atoms with Crippen LogP contribution in [-0.2, 0) is 4.74 Å². The monoisotopic (exact) mass is 250 g/mol. The van der Waals surface area contributed by atoms with Gasteiger partial charge in [-0.1, -0.05) is 0 Å². The fraction of sp³-hybridized carbons (Fsp3) is 0.909. The van der Waals surface area contributed by atoms with Crippen molar-refractivity contribution in [3.05, 3.63) is 0 Å². The number of carbonyl (C=O) groups excluding carboxylic acids is 1. The van der Waals surface area contributed by atoms with Gasteiger partial charge in [0.2, 0.25) is 0 Å². The van der Waals surface area contributed by atoms with Gasteiger partial charge in [0.15, 0.2) is 0 Å². The van der Waals surface area contributed by atoms with Crippen molar-refractivity contribution in [2.75, 3.05) is 13.1 Å². The molecule has 1 unspecified atom stereocenters. The van der Waals surface area contributed by atoms with E-state index in [0.717, 1.165) is 0 Å². The van der Waals surface area contributed by atoms with E-state index in [9.17, 15) is 13.6 Å². The van der Waals surface area contributed by atoms with Crippen LogP contribution >= 0.6 is 0 Å². The first-order valence-corrected chi connectivity index (χ1v) is 5.72. The smallest absolute Gasteiger partial charge is 0.410 e. The van der Waals surface area contributed by atoms with Crippen molar-refractivity contribution in [3.8, 4) is 0 Å². The molecule has 0 bridgehead atoms. The molecule has 1 atom stereocenters. The number of likely N-dealkylation sites (tertiary alicyclic amines) is 1. The number of halogens is 2. The van der Waals surface area contributed by atoms with E-state index < -0.39 is 23.7 Å². The number of amides is 1. The van der Waals surface area contributed by atoms with Crippen molar-refractivity contribution >= 4 is 6.09 Å². The minimum Gasteiger partial charge on any atom is -0.444 e. The Morgan fingerprint density at radius 3 is 2.59 bits per heavy atom. The first kappa shape index (κ1) is 14.2. The van der Waals surface area contributed by atoms with E-state index in [-0.39, 0.29) is 25.9 Å². The summed E-state index contributed by atoms with van der Waals surface area (Å²) in [7, 11) is 0. The summed E-state index contributed by atoms with van der Waals surface area (Å²) in [6.07, 6.45) is -1.28. The summed E-state index contributed by atoms with van der Waals surface area (Å²) in [6, 6.07) is -0.645. The zero-order valence-electron chi connectivity index (χ0n) is 10.5. The highest BCUT2D eigenvalue weighted by Gasteiger charge is 2.42. The average molecular weight is 250 g/mol. The molecular formula is C11H20F2N2O2. The summed E-state index contributed by atoms with van der Waals surface area (Å²) < 4.78 is 31.5. The first-order chi connectivity index (χ1) is 7.64. The van der Waals surface area contributed by atoms with Crippen molar-refractivity contribution in [3.63, 3.8) is 0 Å². The van der Waals surface area contributed by atoms with Gasteiger partial charge in [0, 0.05) is 25.9 Å². The second-order valence-corrected chi connectivity index (χ2v) is 5.37. The lowest BCUT2D eigenvalue weighted by atomic mass is 9.99. The van der Waals surface area contributed by atoms with E-state index in [1.165, 1.54) is 4.90 Å². The van der Waals surface area contributed by atoms with Gasteiger partial charge in [-0.15, -0.1) is 0 Å². The summed E-state index contributed by atoms with van der Waals surface area (Å²) in [5.74, 6) is -2.73. The van der Waals surface area contributed by atoms with Crippen LogP contribution in [0, 0.1) is 0 Å². The van der Waals surface area contributed by atoms with Crippen LogP contribution in [0.3, 0.4) is 0 Å². The van der Waals surface area contributed by atoms with Crippen LogP contribution in [-0.4, -0.2) is 41.6 Å². The molecule has 1 rings (SSSR count). The van der Waals surface area contributed by atoms with Gasteiger partial charge in [-0.05, 0) is 20.8 Å². The molecule has 17 heavy (non-hydrogen) atoms. The molecule has 100 valence electrons. The number of ether oxygens (including phenoxy) is 1. The van der Waals surface area contributed by atoms with Crippen LogP contribution in [0.25, 0.3) is 0 Å². The van der Waals surface area contributed by atoms with Crippen LogP contribution < -0.4 is 5.73 Å². The Labute approximate surface area is 100 Å². The van der Waals surface area contributed by atoms with Gasteiger partial charge in [-0.25, -0.2) is 13.6 Å². The molecule has 0 aromatic carbocycles. The summed E-state index contributed by atoms with van der Waals surface area (Å²) in [5, 5.41) is 0. The predicted octanol–water partition coefficient (Wildman–Crippen LogP) is 1.98. The van der Waals surface area contributed by atoms with E-state index in [1.54, 1.807) is 20.8 Å². The minimum atomic E-state index is -2.73. The molecule has 1 heterocycles. The van der Waals surface area contributed by atoms with E-state index in [1.807, 2.05) is 0 Å². The molecule has 1 fully saturated rings. The molecule has 0 saturated carbocycles. The summed E-state index contributed by atoms with van der Waals surface area (Å²) >= 11 is 0. The molecule has 1 aliphatic rings. The van der Waals surface area contributed by atoms with E-state index in [2.05, 4.69) is 0 Å². The number of nitrogens with two attached hydrogens (primary N) is 1. The minimum absolute atomic E-state index is 0.0101. The van der Waals surface area contributed by atoms with Crippen molar-refractivity contribution in [1.82, 2.24) is 4.90 Å². The third-order valence-electron chi connectivity index (χ3n) is 2.59. The van der Waals surface area contributed by atoms with Gasteiger partial charge in [0.1, 0.15) is 5.60 Å². The Hall–Kier alpha value is -0.910. The quantitative estimate of drug-likeness (QED) is 0.774. The zero-order valence-corrected chi connectivity index (χ0v) is 10.5. The van der Waals surface area contributed by atoms with Gasteiger partial charge >= 0.3 is 6.09 Å². The molecule has 0 spiro atoms. The second-order valence-electron chi connectivity index (χ2n) is 5.37. The Morgan fingerprint density at radius 1 is 1.53 bits per heavy atom. The van der Waals surface area contributed by atoms with Crippen molar-refractivity contribution in [2.24, 2.45) is 5.73 Å². The third-order valence-corrected chi connectivity index (χ3v) is 2.59. The molecule has 1 aliphatic heterocycles. The Bertz CT molecular complexity index is 290. The molecule has 0 aromatic heterocycles. The number of hydrogen-bond acceptors (Lipinski definition) is 3. The normalized spacial score (nSPS) is 24.6. The maximum Gasteiger partial charge on any atom is 0.410 e. The fourth-order valence-corrected chi connectivity index (χ4v) is 1.80. The lowest BCUT2D eigenvalue weighted by molar-refractivity contribution is -0.0780. The molecule has 6 heteroatoms. The number of hydrogen-bond donors (Lipinski definition) is 1. The van der Waals surface area contributed by atoms with E-state index >= 15 is 0 Å². The van der Waals surface area contributed by atoms with Crippen molar-refractivity contribution in [1.29, 1.82) is 0 Å². The molecule has 2 N–H and O–H groups in total. The first-order valence-electron chi connectivity index (χ1n) is 5.72. The topological polar surface area (TPSA) is 55.6 Å². The maximum absolute atomic E-state index is 13.2. The number of nitrogens with zero attached hydrogens (tertiary/aromatic N) is 1. The fourth-order valence-electron chi connectivity index (χ4n) is 1.80. The van der Waals surface area contributed by atoms with Crippen LogP contribution in [0.4, 0.5) is 13.6 Å². The second kappa shape index (κ2) is 4.76. The van der Waals surface area contributed by atoms with Gasteiger partial charge in [0.25, 0.3) is 5.92 Å². The van der Waals surface area contributed by atoms with Crippen LogP contribution in [0.5, 0.6) is 0 Å². The third kappa shape index (κ3) is 4.11. The molecule has 0 aliphatic carbocycles. The van der Waals surface area contributed by atoms with Crippen LogP contribution in [0.2, 0.25) is 0 Å². The Balaban J connectivity index is 2.67. The van der Waals surface area contributed by atoms with E-state index in [0.29, 0.717) is 0 Å². The molecular weight excluding hydrogens is 230 g/mol. The lowest BCUT2D eigenvalue weighted by Gasteiger charge is -2.39. The number of carbonyl (C=O) groups is 1. The van der Waals surface area contributed by atoms with Crippen LogP contribution in [0.1, 0.15) is 33.6 Å². The molecule has 4 nitrogen and oxygen atoms in total. The number of piperidine rings is 1. The van der Waals surface area contributed by atoms with Crippen molar-refractivity contribution in [2.45, 2.75) is 51.2 Å². The molecule has 0 radical (unpaired) electrons. The van der Waals surface area contributed by atoms with Gasteiger partial charge < -0.3 is 15.4 Å². The number of rotatable bonds is 1. The molecule has 1 amide bonds. The van der Waals surface area contributed by atoms with Gasteiger partial charge in [-0.2, -0.15) is 0 Å². The molecule has 1 saturated heterocycles. The SMILES string of the molecule is CC(C)(C)OC(=O)N1CCC(F)(F)CC1CN. The largest absolute Gasteiger partial charge is 0.444 e. The Kier molecular flexibility index (Phi) is 3.96. The highest BCUT2D eigenvalue weighted by molar-refractivity contribution is 5.68. The maximum atomic E-state index is 13.2. The zero-order chi connectivity index (χ0) is 13.3. The molecule has 0 aromatic rings. The predicted molar refractivity (Wildman–Crippen MR) is 60.0 cm³/mol. The van der Waals surface area contributed by atoms with Gasteiger partial charge in [-0.3, -0.25) is 0 Å². The van der Waals surface area contributed by atoms with Gasteiger partial charge in [0.05, 0.1) is 6.04 Å². The van der Waals surface area contributed by atoms with Crippen LogP contribution in [0.15, 0.2) is 0 Å². The average Bonchev–Trinajstić information content (AvgIpc) is 2.13.